The zero-order valence-electron chi connectivity index (χ0n) is 55.3. The van der Waals surface area contributed by atoms with Gasteiger partial charge in [0.05, 0.1) is 38.1 Å². The lowest BCUT2D eigenvalue weighted by Gasteiger charge is -2.63. The van der Waals surface area contributed by atoms with E-state index in [-0.39, 0.29) is 51.4 Å². The lowest BCUT2D eigenvalue weighted by Crippen LogP contribution is -2.68. The van der Waals surface area contributed by atoms with Gasteiger partial charge in [-0.2, -0.15) is 0 Å². The van der Waals surface area contributed by atoms with E-state index in [1.54, 1.807) is 6.92 Å². The largest absolute Gasteiger partial charge is 0.461 e. The fourth-order valence-electron chi connectivity index (χ4n) is 19.4. The zero-order chi connectivity index (χ0) is 68.4. The molecule has 5 aliphatic carbocycles. The second kappa shape index (κ2) is 27.4. The number of cyclic esters (lactones) is 1. The van der Waals surface area contributed by atoms with Crippen molar-refractivity contribution < 1.29 is 133 Å². The highest BCUT2D eigenvalue weighted by molar-refractivity contribution is 5.96. The SMILES string of the molecule is C/C(=C\C=C\[C@@H](C)[C@H]1CC[C@@]2(C)[C@@H]3CC[C@H]4C(C)(C)[C@@H](O[C@@H]5O[C@H](CO)[C@@H](O[C@@H]6O[C@@H](C)[C@H](O)[C@@H](O)[C@H]6O)[C@H](O)[C@H]5O[C@@H]5O[C@H](CO[C@@H]6O[C@H](CO)[C@@H](O)[C@H](O)[C@H]6O)[C@@H](O)[C@H](O)[C@H]5O[C@@H]5O[C@@H](C)[C@H](O)[C@@H](O)[C@H]5O)CC[C@@]45C[C@@]35CC[C@]12C)C(=O)NC1C(=O)OC(C)C1C. The molecule has 0 aromatic heterocycles. The molecule has 11 rings (SSSR count). The molecule has 0 aromatic rings. The Hall–Kier alpha value is -2.54. The summed E-state index contributed by atoms with van der Waals surface area (Å²) in [6.45, 7) is 17.5. The Balaban J connectivity index is 0.844. The second-order valence-electron chi connectivity index (χ2n) is 30.6. The number of rotatable bonds is 18. The Kier molecular flexibility index (Phi) is 21.2. The molecule has 6 saturated heterocycles. The molecule has 15 N–H and O–H groups in total. The molecule has 94 heavy (non-hydrogen) atoms. The van der Waals surface area contributed by atoms with E-state index in [1.165, 1.54) is 13.8 Å². The van der Waals surface area contributed by atoms with Crippen LogP contribution in [0.25, 0.3) is 0 Å². The molecule has 11 fully saturated rings. The maximum absolute atomic E-state index is 13.2. The summed E-state index contributed by atoms with van der Waals surface area (Å²) in [5.41, 5.74) is 0.0783. The summed E-state index contributed by atoms with van der Waals surface area (Å²) in [5, 5.41) is 158. The molecular weight excluding hydrogens is 1240 g/mol. The number of fused-ring (bicyclic) bond motifs is 2. The van der Waals surface area contributed by atoms with E-state index in [0.29, 0.717) is 23.8 Å². The highest BCUT2D eigenvalue weighted by atomic mass is 16.8. The van der Waals surface area contributed by atoms with Gasteiger partial charge in [0.25, 0.3) is 0 Å². The van der Waals surface area contributed by atoms with Gasteiger partial charge in [-0.15, -0.1) is 0 Å². The van der Waals surface area contributed by atoms with E-state index in [9.17, 15) is 81.1 Å². The first-order valence-corrected chi connectivity index (χ1v) is 34.0. The third-order valence-electron chi connectivity index (χ3n) is 25.5. The van der Waals surface area contributed by atoms with Gasteiger partial charge in [0.15, 0.2) is 31.5 Å². The number of nitrogens with one attached hydrogen (secondary N) is 1. The third kappa shape index (κ3) is 12.3. The summed E-state index contributed by atoms with van der Waals surface area (Å²) in [6, 6.07) is -0.690. The molecule has 3 unspecified atom stereocenters. The molecule has 28 nitrogen and oxygen atoms in total. The van der Waals surface area contributed by atoms with Crippen molar-refractivity contribution in [1.29, 1.82) is 0 Å². The van der Waals surface area contributed by atoms with Crippen molar-refractivity contribution in [3.8, 4) is 0 Å². The third-order valence-corrected chi connectivity index (χ3v) is 25.5. The second-order valence-corrected chi connectivity index (χ2v) is 30.6. The van der Waals surface area contributed by atoms with E-state index in [0.717, 1.165) is 51.4 Å². The van der Waals surface area contributed by atoms with E-state index in [4.69, 9.17) is 52.1 Å². The van der Waals surface area contributed by atoms with Crippen molar-refractivity contribution in [2.75, 3.05) is 19.8 Å². The number of hydrogen-bond donors (Lipinski definition) is 15. The molecule has 0 radical (unpaired) electrons. The van der Waals surface area contributed by atoms with Crippen LogP contribution in [0.5, 0.6) is 0 Å². The maximum Gasteiger partial charge on any atom is 0.329 e. The van der Waals surface area contributed by atoms with E-state index in [1.807, 2.05) is 26.0 Å². The number of aliphatic hydroxyl groups is 14. The van der Waals surface area contributed by atoms with Crippen molar-refractivity contribution >= 4 is 11.9 Å². The van der Waals surface area contributed by atoms with Gasteiger partial charge in [-0.1, -0.05) is 59.8 Å². The number of amides is 1. The predicted molar refractivity (Wildman–Crippen MR) is 322 cm³/mol. The standard InChI is InChI=1S/C66H105NO27/c1-26(12-11-13-27(2)55(82)67-39-28(3)29(4)85-56(39)83)32-16-18-64(10)37-15-14-36-62(7,8)38(17-19-65(36)25-66(37,65)21-20-63(32,64)9)91-60-54(51(81)52(34(23-69)89-60)92-58-49(79)44(74)40(70)30(5)86-58)94-61-53(93-59-50(80)45(75)41(71)31(6)87-59)47(77)43(73)35(90-61)24-84-57-48(78)46(76)42(72)33(22-68)88-57/h11-13,26,28-54,57-61,68-81H,14-25H2,1-10H3,(H,67,82)/b12-11+,27-13+/t26-,28?,29?,30+,31+,32-,33-,34-,35-,36+,37+,38+,39?,40+,41+,42-,43-,44-,45-,46+,47+,48-,49-,50-,51+,52-,53-,54-,57-,58+,59+,60+,61+,63-,64+,65-,66+/m1/s1. The predicted octanol–water partition coefficient (Wildman–Crippen LogP) is -1.83. The molecular formula is C66H105NO27. The average Bonchev–Trinajstić information content (AvgIpc) is 1.46. The van der Waals surface area contributed by atoms with Crippen molar-refractivity contribution in [2.24, 2.45) is 56.7 Å². The Morgan fingerprint density at radius 1 is 0.553 bits per heavy atom. The van der Waals surface area contributed by atoms with Crippen molar-refractivity contribution in [2.45, 2.75) is 299 Å². The molecule has 37 atom stereocenters. The first-order valence-electron chi connectivity index (χ1n) is 34.0. The summed E-state index contributed by atoms with van der Waals surface area (Å²) < 4.78 is 67.3. The number of allylic oxidation sites excluding steroid dienone is 3. The van der Waals surface area contributed by atoms with Crippen LogP contribution in [0.15, 0.2) is 23.8 Å². The van der Waals surface area contributed by atoms with Crippen LogP contribution < -0.4 is 5.32 Å². The lowest BCUT2D eigenvalue weighted by atomic mass is 9.42. The Morgan fingerprint density at radius 2 is 1.09 bits per heavy atom. The van der Waals surface area contributed by atoms with Gasteiger partial charge in [0.1, 0.15) is 122 Å². The van der Waals surface area contributed by atoms with Crippen LogP contribution >= 0.6 is 0 Å². The average molecular weight is 1340 g/mol. The lowest BCUT2D eigenvalue weighted by molar-refractivity contribution is -0.408. The van der Waals surface area contributed by atoms with Gasteiger partial charge in [-0.3, -0.25) is 4.79 Å². The smallest absolute Gasteiger partial charge is 0.329 e. The number of ether oxygens (including phenoxy) is 11. The number of aliphatic hydroxyl groups excluding tert-OH is 14. The maximum atomic E-state index is 13.2. The fraction of sp³-hybridized carbons (Fsp3) is 0.909. The van der Waals surface area contributed by atoms with Gasteiger partial charge in [-0.05, 0) is 136 Å². The Labute approximate surface area is 547 Å². The highest BCUT2D eigenvalue weighted by Gasteiger charge is 2.82. The van der Waals surface area contributed by atoms with Gasteiger partial charge in [0, 0.05) is 11.5 Å². The molecule has 5 saturated carbocycles. The Bertz CT molecular complexity index is 2730. The minimum absolute atomic E-state index is 0.0102. The van der Waals surface area contributed by atoms with Gasteiger partial charge < -0.3 is 129 Å². The van der Waals surface area contributed by atoms with E-state index < -0.39 is 197 Å². The van der Waals surface area contributed by atoms with E-state index >= 15 is 0 Å². The summed E-state index contributed by atoms with van der Waals surface area (Å²) in [7, 11) is 0. The van der Waals surface area contributed by atoms with Crippen LogP contribution in [0, 0.1) is 56.7 Å². The summed E-state index contributed by atoms with van der Waals surface area (Å²) in [5.74, 6) is 0.372. The fourth-order valence-corrected chi connectivity index (χ4v) is 19.4. The minimum Gasteiger partial charge on any atom is -0.461 e. The van der Waals surface area contributed by atoms with Crippen LogP contribution in [0.4, 0.5) is 0 Å². The molecule has 6 aliphatic heterocycles. The van der Waals surface area contributed by atoms with Gasteiger partial charge in [-0.25, -0.2) is 4.79 Å². The molecule has 0 aromatic carbocycles. The van der Waals surface area contributed by atoms with Crippen LogP contribution in [0.3, 0.4) is 0 Å². The van der Waals surface area contributed by atoms with Gasteiger partial charge in [0.2, 0.25) is 5.91 Å². The molecule has 1 amide bonds. The van der Waals surface area contributed by atoms with Crippen LogP contribution in [0.1, 0.15) is 127 Å². The van der Waals surface area contributed by atoms with E-state index in [2.05, 4.69) is 46.0 Å². The van der Waals surface area contributed by atoms with Crippen molar-refractivity contribution in [3.05, 3.63) is 23.8 Å². The molecule has 11 aliphatic rings. The molecule has 2 spiro atoms. The quantitative estimate of drug-likeness (QED) is 0.0311. The number of hydrogen-bond acceptors (Lipinski definition) is 27. The molecule has 28 heteroatoms. The summed E-state index contributed by atoms with van der Waals surface area (Å²) >= 11 is 0. The molecule has 0 bridgehead atoms. The molecule has 536 valence electrons. The number of esters is 1. The van der Waals surface area contributed by atoms with Crippen molar-refractivity contribution in [3.63, 3.8) is 0 Å². The normalized spacial score (nSPS) is 53.7. The highest BCUT2D eigenvalue weighted by Crippen LogP contribution is 2.89. The number of carbonyl (C=O) groups excluding carboxylic acids is 2. The van der Waals surface area contributed by atoms with Gasteiger partial charge >= 0.3 is 5.97 Å². The van der Waals surface area contributed by atoms with Crippen LogP contribution in [-0.4, -0.2) is 275 Å². The minimum atomic E-state index is -2.08. The van der Waals surface area contributed by atoms with Crippen LogP contribution in [-0.2, 0) is 61.7 Å². The van der Waals surface area contributed by atoms with Crippen molar-refractivity contribution in [1.82, 2.24) is 5.32 Å². The topological polar surface area (TPSA) is 431 Å². The Morgan fingerprint density at radius 3 is 1.70 bits per heavy atom. The molecule has 6 heterocycles. The van der Waals surface area contributed by atoms with Crippen LogP contribution in [0.2, 0.25) is 0 Å². The number of carbonyl (C=O) groups is 2. The summed E-state index contributed by atoms with van der Waals surface area (Å²) in [4.78, 5) is 25.6. The zero-order valence-corrected chi connectivity index (χ0v) is 55.3. The monoisotopic (exact) mass is 1340 g/mol. The summed E-state index contributed by atoms with van der Waals surface area (Å²) in [6.07, 6.45) is -29.5. The first kappa shape index (κ1) is 72.7. The first-order chi connectivity index (χ1) is 44.2.